The van der Waals surface area contributed by atoms with Crippen molar-refractivity contribution in [2.24, 2.45) is 86.8 Å². The van der Waals surface area contributed by atoms with Crippen LogP contribution in [0, 0.1) is 86.8 Å². The summed E-state index contributed by atoms with van der Waals surface area (Å²) in [4.78, 5) is 0. The smallest absolute Gasteiger partial charge is 0.390 e. The number of allylic oxidation sites excluding steroid dienone is 2. The first-order valence-electron chi connectivity index (χ1n) is 30.1. The average molecular weight is 1290 g/mol. The van der Waals surface area contributed by atoms with Crippen LogP contribution in [0.1, 0.15) is 179 Å². The summed E-state index contributed by atoms with van der Waals surface area (Å²) < 4.78 is 214. The van der Waals surface area contributed by atoms with E-state index >= 15 is 0 Å². The second kappa shape index (κ2) is 21.7. The zero-order valence-corrected chi connectivity index (χ0v) is 54.0. The maximum absolute atomic E-state index is 12.6. The Balaban J connectivity index is 0.892. The Bertz CT molecular complexity index is 3240. The molecule has 0 spiro atoms. The summed E-state index contributed by atoms with van der Waals surface area (Å²) in [5, 5.41) is 11.4. The van der Waals surface area contributed by atoms with Gasteiger partial charge in [-0.2, -0.15) is 42.1 Å². The lowest BCUT2D eigenvalue weighted by Gasteiger charge is -2.59. The van der Waals surface area contributed by atoms with Gasteiger partial charge in [0, 0.05) is 11.8 Å². The average Bonchev–Trinajstić information content (AvgIpc) is 1.06. The maximum Gasteiger partial charge on any atom is 0.397 e. The summed E-state index contributed by atoms with van der Waals surface area (Å²) in [6, 6.07) is 0. The van der Waals surface area contributed by atoms with Crippen LogP contribution in [0.2, 0.25) is 0 Å². The van der Waals surface area contributed by atoms with Gasteiger partial charge in [-0.25, -0.2) is 20.9 Å². The van der Waals surface area contributed by atoms with E-state index in [1.54, 1.807) is 6.92 Å². The Morgan fingerprint density at radius 1 is 0.571 bits per heavy atom. The number of aliphatic hydroxyl groups excluding tert-OH is 1. The highest BCUT2D eigenvalue weighted by molar-refractivity contribution is 7.81. The van der Waals surface area contributed by atoms with Crippen molar-refractivity contribution >= 4 is 52.0 Å². The van der Waals surface area contributed by atoms with E-state index in [-0.39, 0.29) is 90.1 Å². The molecule has 2 heterocycles. The van der Waals surface area contributed by atoms with E-state index < -0.39 is 134 Å². The van der Waals surface area contributed by atoms with Crippen LogP contribution >= 0.6 is 0 Å². The van der Waals surface area contributed by atoms with E-state index in [0.29, 0.717) is 19.3 Å². The van der Waals surface area contributed by atoms with Gasteiger partial charge in [0.2, 0.25) is 0 Å². The Morgan fingerprint density at radius 3 is 1.51 bits per heavy atom. The number of hydrogen-bond donors (Lipinski definition) is 6. The molecule has 8 aliphatic carbocycles. The summed E-state index contributed by atoms with van der Waals surface area (Å²) in [5.41, 5.74) is 0.443. The molecule has 0 aromatic rings. The zero-order chi connectivity index (χ0) is 62.0. The number of aliphatic hydroxyl groups is 1. The molecule has 23 nitrogen and oxygen atoms in total. The van der Waals surface area contributed by atoms with Crippen LogP contribution in [0.4, 0.5) is 0 Å². The Labute approximate surface area is 497 Å². The lowest BCUT2D eigenvalue weighted by molar-refractivity contribution is -0.200. The standard InChI is InChI=1S/C56H90O23S5/c1-28(35-13-15-37-33-24-43(75-81(61,62)63)48-31(4)50(78-84(70,71)72)45(77-83(67,68)69)27-55(48,10)40(33)18-20-52(35,37)7)12-17-46-56(11)25-32(51(5,6)79-56)22-41(73-46)29(2)36-14-16-38-34-23-42(74-80(58,59)60)47-30(3)49(57)44(76-82(64,65)66)26-54(47,9)39(34)19-21-53(36,38)8/h28-32,35-38,41-50,57H,12-27H2,1-11H3,(H,58,59,60)(H,61,62,63)(H,64,65,66)(H,67,68,69)(H,70,71,72)/t28-,29+,30-,31-,32+,35-,36+,37+,38+,41-,42+,43+,44+,45+,46+,47-,48-,49-,50-,52-,53-,54-,55-,56+/m1/s1. The first kappa shape index (κ1) is 65.7. The molecule has 0 aromatic carbocycles. The first-order valence-corrected chi connectivity index (χ1v) is 36.9. The zero-order valence-electron chi connectivity index (χ0n) is 49.9. The topological polar surface area (TPSA) is 357 Å². The quantitative estimate of drug-likeness (QED) is 0.0623. The van der Waals surface area contributed by atoms with Gasteiger partial charge < -0.3 is 14.6 Å². The fraction of sp³-hybridized carbons (Fsp3) is 0.929. The lowest BCUT2D eigenvalue weighted by Crippen LogP contribution is -2.60. The fourth-order valence-corrected chi connectivity index (χ4v) is 24.1. The van der Waals surface area contributed by atoms with Gasteiger partial charge in [-0.15, -0.1) is 0 Å². The predicted molar refractivity (Wildman–Crippen MR) is 302 cm³/mol. The molecule has 2 bridgehead atoms. The molecule has 0 aromatic heterocycles. The molecule has 4 saturated carbocycles. The Hall–Kier alpha value is -1.29. The van der Waals surface area contributed by atoms with Crippen molar-refractivity contribution in [3.05, 3.63) is 22.3 Å². The van der Waals surface area contributed by atoms with Crippen LogP contribution in [0.15, 0.2) is 22.3 Å². The van der Waals surface area contributed by atoms with Gasteiger partial charge in [0.25, 0.3) is 0 Å². The van der Waals surface area contributed by atoms with Crippen molar-refractivity contribution < 1.29 is 100 Å². The summed E-state index contributed by atoms with van der Waals surface area (Å²) in [7, 11) is -25.4. The number of rotatable bonds is 16. The minimum Gasteiger partial charge on any atom is -0.390 e. The van der Waals surface area contributed by atoms with Crippen molar-refractivity contribution in [1.82, 2.24) is 0 Å². The van der Waals surface area contributed by atoms with E-state index in [1.807, 2.05) is 13.8 Å². The minimum absolute atomic E-state index is 0.00250. The highest BCUT2D eigenvalue weighted by Gasteiger charge is 2.66. The van der Waals surface area contributed by atoms with E-state index in [9.17, 15) is 70.0 Å². The summed E-state index contributed by atoms with van der Waals surface area (Å²) in [6.07, 6.45) is 0.429. The molecule has 28 heteroatoms. The third kappa shape index (κ3) is 11.9. The minimum atomic E-state index is -5.21. The summed E-state index contributed by atoms with van der Waals surface area (Å²) in [5.74, 6) is -2.48. The monoisotopic (exact) mass is 1290 g/mol. The van der Waals surface area contributed by atoms with E-state index in [0.717, 1.165) is 80.1 Å². The first-order chi connectivity index (χ1) is 38.3. The van der Waals surface area contributed by atoms with Gasteiger partial charge in [0.15, 0.2) is 0 Å². The van der Waals surface area contributed by atoms with Crippen LogP contribution in [0.25, 0.3) is 0 Å². The van der Waals surface area contributed by atoms with Gasteiger partial charge in [-0.1, -0.05) is 77.7 Å². The van der Waals surface area contributed by atoms with Crippen LogP contribution in [-0.4, -0.2) is 130 Å². The Morgan fingerprint density at radius 2 is 1.01 bits per heavy atom. The summed E-state index contributed by atoms with van der Waals surface area (Å²) >= 11 is 0. The maximum atomic E-state index is 12.6. The Kier molecular flexibility index (Phi) is 16.9. The highest BCUT2D eigenvalue weighted by atomic mass is 32.3. The second-order valence-corrected chi connectivity index (χ2v) is 34.6. The molecule has 6 N–H and O–H groups in total. The van der Waals surface area contributed by atoms with Crippen molar-refractivity contribution in [2.45, 2.75) is 239 Å². The van der Waals surface area contributed by atoms with Gasteiger partial charge in [0.05, 0.1) is 41.7 Å². The molecule has 6 fully saturated rings. The van der Waals surface area contributed by atoms with Gasteiger partial charge in [-0.05, 0) is 198 Å². The third-order valence-corrected chi connectivity index (χ3v) is 27.0. The van der Waals surface area contributed by atoms with E-state index in [2.05, 4.69) is 48.5 Å². The molecule has 10 aliphatic rings. The van der Waals surface area contributed by atoms with Crippen LogP contribution < -0.4 is 0 Å². The van der Waals surface area contributed by atoms with Crippen molar-refractivity contribution in [3.63, 3.8) is 0 Å². The van der Waals surface area contributed by atoms with Crippen molar-refractivity contribution in [1.29, 1.82) is 0 Å². The molecular weight excluding hydrogens is 1200 g/mol. The van der Waals surface area contributed by atoms with E-state index in [4.69, 9.17) is 30.4 Å². The molecular formula is C56H90O23S5. The SMILES string of the molecule is C[C@H]([C@H]1C[C@H]2C[C@](C)(OC2(C)C)[C@H](CC[C@@H](C)[C@H]2CC[C@H]3C4=C(CC[C@]23C)[C@@]2(C)C[C@H](OS(=O)(=O)O)[C@H](OS(=O)(=O)O)[C@H](C)[C@@H]2[C@@H](OS(=O)(=O)O)C4)O1)[C@@H]1CC[C@H]2C3=C(CC[C@@]21C)[C@@]1(C)C[C@H](OS(=O)(=O)O)[C@H](O)[C@H](C)[C@@H]1[C@@H](OS(=O)(=O)O)C3. The molecule has 2 saturated heterocycles. The lowest BCUT2D eigenvalue weighted by atomic mass is 9.47. The number of hydrogen-bond acceptors (Lipinski definition) is 18. The van der Waals surface area contributed by atoms with Crippen LogP contribution in [-0.2, 0) is 82.4 Å². The van der Waals surface area contributed by atoms with E-state index in [1.165, 1.54) is 6.92 Å². The molecule has 2 aliphatic heterocycles. The normalized spacial score (nSPS) is 46.7. The second-order valence-electron chi connectivity index (χ2n) is 29.4. The van der Waals surface area contributed by atoms with Gasteiger partial charge in [-0.3, -0.25) is 22.8 Å². The van der Waals surface area contributed by atoms with Crippen LogP contribution in [0.3, 0.4) is 0 Å². The summed E-state index contributed by atoms with van der Waals surface area (Å²) in [6.45, 7) is 22.6. The van der Waals surface area contributed by atoms with Crippen LogP contribution in [0.5, 0.6) is 0 Å². The molecule has 24 atom stereocenters. The molecule has 10 rings (SSSR count). The molecule has 0 unspecified atom stereocenters. The largest absolute Gasteiger partial charge is 0.397 e. The van der Waals surface area contributed by atoms with Crippen molar-refractivity contribution in [3.8, 4) is 0 Å². The molecule has 0 amide bonds. The van der Waals surface area contributed by atoms with Crippen molar-refractivity contribution in [2.75, 3.05) is 0 Å². The number of fused-ring (bicyclic) bond motifs is 10. The van der Waals surface area contributed by atoms with Gasteiger partial charge >= 0.3 is 52.0 Å². The fourth-order valence-electron chi connectivity index (χ4n) is 21.6. The third-order valence-electron chi connectivity index (χ3n) is 24.6. The predicted octanol–water partition coefficient (Wildman–Crippen LogP) is 8.45. The molecule has 84 heavy (non-hydrogen) atoms. The molecule has 482 valence electrons. The highest BCUT2D eigenvalue weighted by Crippen LogP contribution is 2.70. The van der Waals surface area contributed by atoms with Gasteiger partial charge in [0.1, 0.15) is 18.3 Å². The molecule has 0 radical (unpaired) electrons. The number of ether oxygens (including phenoxy) is 2.